The summed E-state index contributed by atoms with van der Waals surface area (Å²) in [4.78, 5) is 29.7. The second-order valence-electron chi connectivity index (χ2n) is 6.61. The molecular formula is C18H18ClN5O2S. The third kappa shape index (κ3) is 3.81. The van der Waals surface area contributed by atoms with E-state index in [0.717, 1.165) is 21.5 Å². The van der Waals surface area contributed by atoms with Crippen molar-refractivity contribution in [3.8, 4) is 0 Å². The molecule has 1 atom stereocenters. The molecule has 1 saturated heterocycles. The molecule has 0 radical (unpaired) electrons. The Morgan fingerprint density at radius 2 is 2.30 bits per heavy atom. The van der Waals surface area contributed by atoms with Gasteiger partial charge in [-0.1, -0.05) is 22.9 Å². The Balaban J connectivity index is 1.37. The van der Waals surface area contributed by atoms with Gasteiger partial charge in [-0.05, 0) is 37.1 Å². The Kier molecular flexibility index (Phi) is 4.84. The van der Waals surface area contributed by atoms with Gasteiger partial charge in [0.2, 0.25) is 16.9 Å². The third-order valence-corrected chi connectivity index (χ3v) is 5.71. The van der Waals surface area contributed by atoms with E-state index in [2.05, 4.69) is 20.5 Å². The Labute approximate surface area is 164 Å². The van der Waals surface area contributed by atoms with Gasteiger partial charge in [0.25, 0.3) is 0 Å². The summed E-state index contributed by atoms with van der Waals surface area (Å²) in [7, 11) is 0. The zero-order chi connectivity index (χ0) is 19.0. The van der Waals surface area contributed by atoms with Crippen molar-refractivity contribution in [3.05, 3.63) is 40.0 Å². The summed E-state index contributed by atoms with van der Waals surface area (Å²) in [5.74, 6) is -0.540. The molecule has 0 spiro atoms. The first-order valence-corrected chi connectivity index (χ1v) is 9.83. The van der Waals surface area contributed by atoms with Crippen LogP contribution in [0.5, 0.6) is 0 Å². The van der Waals surface area contributed by atoms with E-state index in [9.17, 15) is 9.59 Å². The number of halogens is 1. The Morgan fingerprint density at radius 1 is 1.44 bits per heavy atom. The molecule has 0 aliphatic carbocycles. The number of rotatable bonds is 5. The van der Waals surface area contributed by atoms with E-state index in [4.69, 9.17) is 11.6 Å². The van der Waals surface area contributed by atoms with Crippen LogP contribution in [0.1, 0.15) is 17.0 Å². The van der Waals surface area contributed by atoms with Crippen molar-refractivity contribution >= 4 is 50.8 Å². The number of likely N-dealkylation sites (tertiary alicyclic amines) is 1. The fourth-order valence-corrected chi connectivity index (χ4v) is 4.10. The minimum absolute atomic E-state index is 0.00136. The maximum Gasteiger partial charge on any atom is 0.231 e. The average molecular weight is 404 g/mol. The lowest BCUT2D eigenvalue weighted by atomic mass is 10.1. The quantitative estimate of drug-likeness (QED) is 0.685. The highest BCUT2D eigenvalue weighted by molar-refractivity contribution is 7.15. The zero-order valence-corrected chi connectivity index (χ0v) is 16.2. The van der Waals surface area contributed by atoms with Crippen LogP contribution in [0.25, 0.3) is 10.9 Å². The fourth-order valence-electron chi connectivity index (χ4n) is 3.33. The maximum atomic E-state index is 12.4. The Bertz CT molecular complexity index is 1010. The summed E-state index contributed by atoms with van der Waals surface area (Å²) >= 11 is 7.41. The summed E-state index contributed by atoms with van der Waals surface area (Å²) < 4.78 is 0. The zero-order valence-electron chi connectivity index (χ0n) is 14.7. The van der Waals surface area contributed by atoms with Gasteiger partial charge in [0.15, 0.2) is 0 Å². The number of benzene rings is 1. The lowest BCUT2D eigenvalue weighted by Gasteiger charge is -2.16. The minimum atomic E-state index is -0.362. The van der Waals surface area contributed by atoms with E-state index < -0.39 is 0 Å². The van der Waals surface area contributed by atoms with Crippen molar-refractivity contribution in [2.75, 3.05) is 18.4 Å². The molecule has 0 bridgehead atoms. The first-order chi connectivity index (χ1) is 13.0. The summed E-state index contributed by atoms with van der Waals surface area (Å²) in [5.41, 5.74) is 2.13. The number of anilines is 1. The number of hydrogen-bond acceptors (Lipinski definition) is 5. The lowest BCUT2D eigenvalue weighted by Crippen LogP contribution is -2.30. The number of hydrogen-bond donors (Lipinski definition) is 2. The molecule has 3 aromatic rings. The lowest BCUT2D eigenvalue weighted by molar-refractivity contribution is -0.128. The molecule has 2 N–H and O–H groups in total. The molecule has 27 heavy (non-hydrogen) atoms. The number of H-pyrrole nitrogens is 1. The number of aryl methyl sites for hydroxylation is 1. The number of nitrogens with one attached hydrogen (secondary N) is 2. The summed E-state index contributed by atoms with van der Waals surface area (Å²) in [5, 5.41) is 13.5. The molecule has 1 aliphatic heterocycles. The topological polar surface area (TPSA) is 91.0 Å². The molecule has 1 aliphatic rings. The number of fused-ring (bicyclic) bond motifs is 1. The van der Waals surface area contributed by atoms with Gasteiger partial charge in [-0.3, -0.25) is 9.59 Å². The van der Waals surface area contributed by atoms with Crippen LogP contribution in [0.3, 0.4) is 0 Å². The van der Waals surface area contributed by atoms with Crippen LogP contribution in [0.2, 0.25) is 5.02 Å². The van der Waals surface area contributed by atoms with E-state index in [1.54, 1.807) is 4.90 Å². The molecule has 3 heterocycles. The van der Waals surface area contributed by atoms with Crippen LogP contribution in [0.15, 0.2) is 24.4 Å². The van der Waals surface area contributed by atoms with E-state index in [1.165, 1.54) is 11.3 Å². The van der Waals surface area contributed by atoms with Gasteiger partial charge in [-0.2, -0.15) is 0 Å². The molecule has 1 aromatic carbocycles. The average Bonchev–Trinajstić information content (AvgIpc) is 3.32. The molecule has 1 fully saturated rings. The van der Waals surface area contributed by atoms with E-state index in [0.29, 0.717) is 29.7 Å². The summed E-state index contributed by atoms with van der Waals surface area (Å²) in [6.45, 7) is 2.82. The Morgan fingerprint density at radius 3 is 3.07 bits per heavy atom. The summed E-state index contributed by atoms with van der Waals surface area (Å²) in [6, 6.07) is 5.71. The van der Waals surface area contributed by atoms with Crippen LogP contribution in [-0.2, 0) is 16.0 Å². The molecule has 2 amide bonds. The molecule has 4 rings (SSSR count). The van der Waals surface area contributed by atoms with Crippen LogP contribution < -0.4 is 5.32 Å². The number of amides is 2. The third-order valence-electron chi connectivity index (χ3n) is 4.72. The number of nitrogens with zero attached hydrogens (tertiary/aromatic N) is 3. The summed E-state index contributed by atoms with van der Waals surface area (Å²) in [6.07, 6.45) is 2.88. The smallest absolute Gasteiger partial charge is 0.231 e. The maximum absolute atomic E-state index is 12.4. The highest BCUT2D eigenvalue weighted by atomic mass is 35.5. The molecule has 9 heteroatoms. The van der Waals surface area contributed by atoms with Crippen LogP contribution in [0.4, 0.5) is 5.13 Å². The minimum Gasteiger partial charge on any atom is -0.361 e. The van der Waals surface area contributed by atoms with E-state index in [-0.39, 0.29) is 24.2 Å². The SMILES string of the molecule is Cc1nnc(NC(=O)[C@H]2CC(=O)N(CCc3c[nH]c4ccc(Cl)cc34)C2)s1. The number of aromatic amines is 1. The van der Waals surface area contributed by atoms with Gasteiger partial charge < -0.3 is 15.2 Å². The van der Waals surface area contributed by atoms with Crippen molar-refractivity contribution in [1.29, 1.82) is 0 Å². The van der Waals surface area contributed by atoms with Crippen molar-refractivity contribution in [3.63, 3.8) is 0 Å². The predicted molar refractivity (Wildman–Crippen MR) is 105 cm³/mol. The van der Waals surface area contributed by atoms with Gasteiger partial charge in [0.1, 0.15) is 5.01 Å². The van der Waals surface area contributed by atoms with E-state index >= 15 is 0 Å². The van der Waals surface area contributed by atoms with Crippen LogP contribution in [-0.4, -0.2) is 45.0 Å². The largest absolute Gasteiger partial charge is 0.361 e. The predicted octanol–water partition coefficient (Wildman–Crippen LogP) is 3.01. The molecule has 0 saturated carbocycles. The Hall–Kier alpha value is -2.45. The number of carbonyl (C=O) groups excluding carboxylic acids is 2. The number of carbonyl (C=O) groups is 2. The normalized spacial score (nSPS) is 17.0. The first-order valence-electron chi connectivity index (χ1n) is 8.64. The van der Waals surface area contributed by atoms with Crippen molar-refractivity contribution in [2.45, 2.75) is 19.8 Å². The highest BCUT2D eigenvalue weighted by Crippen LogP contribution is 2.25. The molecule has 0 unspecified atom stereocenters. The van der Waals surface area contributed by atoms with Crippen LogP contribution >= 0.6 is 22.9 Å². The van der Waals surface area contributed by atoms with Crippen molar-refractivity contribution in [2.24, 2.45) is 5.92 Å². The standard InChI is InChI=1S/C18H18ClN5O2S/c1-10-22-23-18(27-10)21-17(26)12-6-16(25)24(9-12)5-4-11-8-20-15-3-2-13(19)7-14(11)15/h2-3,7-8,12,20H,4-6,9H2,1H3,(H,21,23,26)/t12-/m0/s1. The van der Waals surface area contributed by atoms with Gasteiger partial charge in [-0.25, -0.2) is 0 Å². The van der Waals surface area contributed by atoms with Gasteiger partial charge in [0.05, 0.1) is 5.92 Å². The first kappa shape index (κ1) is 17.9. The van der Waals surface area contributed by atoms with Crippen molar-refractivity contribution < 1.29 is 9.59 Å². The monoisotopic (exact) mass is 403 g/mol. The van der Waals surface area contributed by atoms with Crippen molar-refractivity contribution in [1.82, 2.24) is 20.1 Å². The second-order valence-corrected chi connectivity index (χ2v) is 8.23. The fraction of sp³-hybridized carbons (Fsp3) is 0.333. The highest BCUT2D eigenvalue weighted by Gasteiger charge is 2.34. The molecule has 7 nitrogen and oxygen atoms in total. The van der Waals surface area contributed by atoms with Gasteiger partial charge >= 0.3 is 0 Å². The molecular weight excluding hydrogens is 386 g/mol. The second kappa shape index (κ2) is 7.28. The number of aromatic nitrogens is 3. The van der Waals surface area contributed by atoms with Gasteiger partial charge in [0, 0.05) is 41.6 Å². The molecule has 140 valence electrons. The van der Waals surface area contributed by atoms with E-state index in [1.807, 2.05) is 31.3 Å². The van der Waals surface area contributed by atoms with Gasteiger partial charge in [-0.15, -0.1) is 10.2 Å². The van der Waals surface area contributed by atoms with Crippen LogP contribution in [0, 0.1) is 12.8 Å². The molecule has 2 aromatic heterocycles.